The Morgan fingerprint density at radius 1 is 1.21 bits per heavy atom. The smallest absolute Gasteiger partial charge is 0.166 e. The van der Waals surface area contributed by atoms with Gasteiger partial charge in [-0.05, 0) is 17.7 Å². The molecule has 0 fully saturated rings. The van der Waals surface area contributed by atoms with Crippen molar-refractivity contribution in [1.29, 1.82) is 0 Å². The fourth-order valence-corrected chi connectivity index (χ4v) is 1.69. The van der Waals surface area contributed by atoms with Gasteiger partial charge in [0.2, 0.25) is 0 Å². The molecule has 0 aromatic heterocycles. The van der Waals surface area contributed by atoms with E-state index in [0.29, 0.717) is 5.56 Å². The van der Waals surface area contributed by atoms with Crippen molar-refractivity contribution in [1.82, 2.24) is 0 Å². The molecule has 14 heavy (non-hydrogen) atoms. The van der Waals surface area contributed by atoms with Crippen molar-refractivity contribution >= 4 is 43.5 Å². The van der Waals surface area contributed by atoms with Gasteiger partial charge in [-0.3, -0.25) is 0 Å². The molecule has 0 unspecified atom stereocenters. The lowest BCUT2D eigenvalue weighted by Crippen LogP contribution is -2.06. The summed E-state index contributed by atoms with van der Waals surface area (Å²) in [5, 5.41) is -0.290. The fourth-order valence-electron chi connectivity index (χ4n) is 0.896. The summed E-state index contributed by atoms with van der Waals surface area (Å²) in [6.45, 7) is 0. The first-order chi connectivity index (χ1) is 6.32. The van der Waals surface area contributed by atoms with Crippen LogP contribution in [0.5, 0.6) is 0 Å². The SMILES string of the molecule is FC(F)(F)c1cc(C(Br)Br)ccc1Cl. The van der Waals surface area contributed by atoms with Gasteiger partial charge in [-0.15, -0.1) is 0 Å². The zero-order valence-electron chi connectivity index (χ0n) is 6.58. The Balaban J connectivity index is 3.22. The van der Waals surface area contributed by atoms with Gasteiger partial charge in [0.05, 0.1) is 14.3 Å². The van der Waals surface area contributed by atoms with Crippen molar-refractivity contribution in [2.75, 3.05) is 0 Å². The average Bonchev–Trinajstić information content (AvgIpc) is 2.02. The second-order valence-corrected chi connectivity index (χ2v) is 6.01. The lowest BCUT2D eigenvalue weighted by atomic mass is 10.1. The second kappa shape index (κ2) is 4.41. The van der Waals surface area contributed by atoms with E-state index in [1.165, 1.54) is 12.1 Å². The van der Waals surface area contributed by atoms with Gasteiger partial charge in [-0.1, -0.05) is 49.5 Å². The molecule has 0 amide bonds. The zero-order valence-corrected chi connectivity index (χ0v) is 10.5. The van der Waals surface area contributed by atoms with Gasteiger partial charge in [-0.25, -0.2) is 0 Å². The third-order valence-electron chi connectivity index (χ3n) is 1.55. The van der Waals surface area contributed by atoms with Crippen LogP contribution >= 0.6 is 43.5 Å². The number of hydrogen-bond donors (Lipinski definition) is 0. The molecule has 0 nitrogen and oxygen atoms in total. The van der Waals surface area contributed by atoms with Gasteiger partial charge < -0.3 is 0 Å². The molecule has 1 aromatic carbocycles. The summed E-state index contributed by atoms with van der Waals surface area (Å²) in [4.78, 5) is 0. The molecule has 0 bridgehead atoms. The predicted octanol–water partition coefficient (Wildman–Crippen LogP) is 5.15. The van der Waals surface area contributed by atoms with E-state index in [9.17, 15) is 13.2 Å². The van der Waals surface area contributed by atoms with E-state index < -0.39 is 11.7 Å². The quantitative estimate of drug-likeness (QED) is 0.614. The number of alkyl halides is 5. The Labute approximate surface area is 101 Å². The molecule has 1 aromatic rings. The number of benzene rings is 1. The molecule has 0 N–H and O–H groups in total. The van der Waals surface area contributed by atoms with Crippen LogP contribution in [0.25, 0.3) is 0 Å². The standard InChI is InChI=1S/C8H4Br2ClF3/c9-7(10)4-1-2-6(11)5(3-4)8(12,13)14/h1-3,7H. The highest BCUT2D eigenvalue weighted by Crippen LogP contribution is 2.38. The van der Waals surface area contributed by atoms with Gasteiger partial charge in [0.15, 0.2) is 0 Å². The minimum Gasteiger partial charge on any atom is -0.166 e. The van der Waals surface area contributed by atoms with Gasteiger partial charge in [0.1, 0.15) is 0 Å². The lowest BCUT2D eigenvalue weighted by Gasteiger charge is -2.11. The van der Waals surface area contributed by atoms with Crippen LogP contribution in [0.2, 0.25) is 5.02 Å². The van der Waals surface area contributed by atoms with E-state index in [-0.39, 0.29) is 8.76 Å². The van der Waals surface area contributed by atoms with Crippen LogP contribution < -0.4 is 0 Å². The zero-order chi connectivity index (χ0) is 10.9. The van der Waals surface area contributed by atoms with E-state index in [2.05, 4.69) is 31.9 Å². The van der Waals surface area contributed by atoms with E-state index in [4.69, 9.17) is 11.6 Å². The summed E-state index contributed by atoms with van der Waals surface area (Å²) in [7, 11) is 0. The third kappa shape index (κ3) is 2.87. The Morgan fingerprint density at radius 3 is 2.21 bits per heavy atom. The van der Waals surface area contributed by atoms with Crippen LogP contribution in [0.15, 0.2) is 18.2 Å². The molecule has 0 aliphatic carbocycles. The molecule has 0 spiro atoms. The van der Waals surface area contributed by atoms with Crippen LogP contribution in [0.1, 0.15) is 14.9 Å². The number of halogens is 6. The van der Waals surface area contributed by atoms with Crippen molar-refractivity contribution in [3.05, 3.63) is 34.3 Å². The maximum Gasteiger partial charge on any atom is 0.417 e. The first-order valence-corrected chi connectivity index (χ1v) is 5.68. The van der Waals surface area contributed by atoms with Gasteiger partial charge in [-0.2, -0.15) is 13.2 Å². The molecular weight excluding hydrogens is 348 g/mol. The van der Waals surface area contributed by atoms with E-state index >= 15 is 0 Å². The Kier molecular flexibility index (Phi) is 3.88. The lowest BCUT2D eigenvalue weighted by molar-refractivity contribution is -0.137. The molecule has 0 heterocycles. The van der Waals surface area contributed by atoms with Crippen molar-refractivity contribution < 1.29 is 13.2 Å². The molecule has 1 rings (SSSR count). The highest BCUT2D eigenvalue weighted by atomic mass is 79.9. The van der Waals surface area contributed by atoms with Crippen LogP contribution in [0.4, 0.5) is 13.2 Å². The maximum absolute atomic E-state index is 12.4. The minimum absolute atomic E-state index is 0.290. The second-order valence-electron chi connectivity index (χ2n) is 2.54. The Bertz CT molecular complexity index is 336. The molecule has 78 valence electrons. The third-order valence-corrected chi connectivity index (χ3v) is 2.93. The van der Waals surface area contributed by atoms with E-state index in [0.717, 1.165) is 6.07 Å². The molecule has 0 aliphatic heterocycles. The summed E-state index contributed by atoms with van der Waals surface area (Å²) in [6, 6.07) is 3.76. The average molecular weight is 352 g/mol. The van der Waals surface area contributed by atoms with E-state index in [1.807, 2.05) is 0 Å². The topological polar surface area (TPSA) is 0 Å². The molecule has 0 saturated heterocycles. The van der Waals surface area contributed by atoms with Crippen LogP contribution in [0.3, 0.4) is 0 Å². The summed E-state index contributed by atoms with van der Waals surface area (Å²) in [5.74, 6) is 0. The fraction of sp³-hybridized carbons (Fsp3) is 0.250. The van der Waals surface area contributed by atoms with Crippen molar-refractivity contribution in [3.63, 3.8) is 0 Å². The summed E-state index contributed by atoms with van der Waals surface area (Å²) in [6.07, 6.45) is -4.41. The molecule has 6 heteroatoms. The normalized spacial score (nSPS) is 12.2. The summed E-state index contributed by atoms with van der Waals surface area (Å²) in [5.41, 5.74) is -0.345. The number of hydrogen-bond acceptors (Lipinski definition) is 0. The molecule has 0 saturated carbocycles. The number of rotatable bonds is 1. The molecular formula is C8H4Br2ClF3. The Hall–Kier alpha value is 0.260. The van der Waals surface area contributed by atoms with Crippen molar-refractivity contribution in [2.24, 2.45) is 0 Å². The van der Waals surface area contributed by atoms with Crippen LogP contribution in [0, 0.1) is 0 Å². The first-order valence-electron chi connectivity index (χ1n) is 3.47. The summed E-state index contributed by atoms with van der Waals surface area (Å²) < 4.78 is 36.8. The molecule has 0 radical (unpaired) electrons. The first kappa shape index (κ1) is 12.3. The van der Waals surface area contributed by atoms with E-state index in [1.54, 1.807) is 0 Å². The van der Waals surface area contributed by atoms with Crippen LogP contribution in [-0.2, 0) is 6.18 Å². The Morgan fingerprint density at radius 2 is 1.79 bits per heavy atom. The highest BCUT2D eigenvalue weighted by Gasteiger charge is 2.33. The van der Waals surface area contributed by atoms with Crippen molar-refractivity contribution in [2.45, 2.75) is 9.91 Å². The molecule has 0 aliphatic rings. The van der Waals surface area contributed by atoms with Crippen molar-refractivity contribution in [3.8, 4) is 0 Å². The minimum atomic E-state index is -4.41. The van der Waals surface area contributed by atoms with Gasteiger partial charge in [0, 0.05) is 0 Å². The largest absolute Gasteiger partial charge is 0.417 e. The predicted molar refractivity (Wildman–Crippen MR) is 57.0 cm³/mol. The maximum atomic E-state index is 12.4. The highest BCUT2D eigenvalue weighted by molar-refractivity contribution is 9.24. The van der Waals surface area contributed by atoms with Gasteiger partial charge >= 0.3 is 6.18 Å². The monoisotopic (exact) mass is 350 g/mol. The van der Waals surface area contributed by atoms with Crippen LogP contribution in [-0.4, -0.2) is 0 Å². The summed E-state index contributed by atoms with van der Waals surface area (Å²) >= 11 is 11.7. The molecule has 0 atom stereocenters. The van der Waals surface area contributed by atoms with Gasteiger partial charge in [0.25, 0.3) is 0 Å².